The van der Waals surface area contributed by atoms with Gasteiger partial charge in [0.1, 0.15) is 6.61 Å². The lowest BCUT2D eigenvalue weighted by atomic mass is 10.1. The molecule has 13 heavy (non-hydrogen) atoms. The molecule has 0 bridgehead atoms. The number of amides is 1. The maximum absolute atomic E-state index is 12.4. The van der Waals surface area contributed by atoms with Crippen LogP contribution in [0.3, 0.4) is 0 Å². The van der Waals surface area contributed by atoms with Crippen molar-refractivity contribution in [3.8, 4) is 0 Å². The quantitative estimate of drug-likeness (QED) is 0.565. The van der Waals surface area contributed by atoms with Gasteiger partial charge in [-0.3, -0.25) is 4.79 Å². The highest BCUT2D eigenvalue weighted by atomic mass is 19.3. The third-order valence-electron chi connectivity index (χ3n) is 1.32. The van der Waals surface area contributed by atoms with E-state index in [0.29, 0.717) is 0 Å². The molecule has 0 aromatic heterocycles. The average molecular weight is 196 g/mol. The number of nitrogens with one attached hydrogen (secondary N) is 1. The molecular weight excluding hydrogens is 182 g/mol. The Kier molecular flexibility index (Phi) is 3.74. The number of hydrogen-bond donors (Lipinski definition) is 3. The van der Waals surface area contributed by atoms with Crippen LogP contribution in [0, 0.1) is 0 Å². The van der Waals surface area contributed by atoms with Crippen LogP contribution in [0.25, 0.3) is 0 Å². The smallest absolute Gasteiger partial charge is 0.287 e. The number of alkyl halides is 2. The molecule has 4 nitrogen and oxygen atoms in total. The van der Waals surface area contributed by atoms with Crippen LogP contribution in [0.2, 0.25) is 0 Å². The molecule has 0 atom stereocenters. The second-order valence-electron chi connectivity index (χ2n) is 3.42. The zero-order valence-corrected chi connectivity index (χ0v) is 7.60. The van der Waals surface area contributed by atoms with Crippen LogP contribution < -0.4 is 11.1 Å². The van der Waals surface area contributed by atoms with Crippen molar-refractivity contribution >= 4 is 5.91 Å². The van der Waals surface area contributed by atoms with Crippen molar-refractivity contribution in [3.05, 3.63) is 0 Å². The third-order valence-corrected chi connectivity index (χ3v) is 1.32. The van der Waals surface area contributed by atoms with Gasteiger partial charge in [-0.25, -0.2) is 8.78 Å². The van der Waals surface area contributed by atoms with Gasteiger partial charge in [-0.2, -0.15) is 0 Å². The first-order chi connectivity index (χ1) is 5.69. The Labute approximate surface area is 75.1 Å². The summed E-state index contributed by atoms with van der Waals surface area (Å²) in [5.74, 6) is -3.97. The third kappa shape index (κ3) is 4.74. The van der Waals surface area contributed by atoms with Gasteiger partial charge in [0.15, 0.2) is 0 Å². The van der Waals surface area contributed by atoms with Crippen LogP contribution in [-0.4, -0.2) is 35.6 Å². The second kappa shape index (κ2) is 3.97. The predicted octanol–water partition coefficient (Wildman–Crippen LogP) is -0.533. The van der Waals surface area contributed by atoms with E-state index >= 15 is 0 Å². The first-order valence-corrected chi connectivity index (χ1v) is 3.75. The Morgan fingerprint density at radius 3 is 2.31 bits per heavy atom. The molecule has 6 heteroatoms. The number of rotatable bonds is 4. The summed E-state index contributed by atoms with van der Waals surface area (Å²) in [5, 5.41) is 10.1. The molecule has 0 aliphatic heterocycles. The lowest BCUT2D eigenvalue weighted by Crippen LogP contribution is -2.52. The summed E-state index contributed by atoms with van der Waals surface area (Å²) in [6.07, 6.45) is 0. The van der Waals surface area contributed by atoms with E-state index in [9.17, 15) is 13.6 Å². The minimum Gasteiger partial charge on any atom is -0.390 e. The fourth-order valence-corrected chi connectivity index (χ4v) is 0.493. The standard InChI is InChI=1S/C7H14F2N2O2/c1-6(2,10)5(13)11-3-7(8,9)4-12/h12H,3-4,10H2,1-2H3,(H,11,13). The van der Waals surface area contributed by atoms with Gasteiger partial charge in [-0.1, -0.05) is 0 Å². The molecule has 0 fully saturated rings. The molecule has 0 saturated heterocycles. The predicted molar refractivity (Wildman–Crippen MR) is 43.3 cm³/mol. The maximum atomic E-state index is 12.4. The van der Waals surface area contributed by atoms with Crippen molar-refractivity contribution in [2.75, 3.05) is 13.2 Å². The van der Waals surface area contributed by atoms with Crippen LogP contribution in [0.5, 0.6) is 0 Å². The zero-order chi connectivity index (χ0) is 10.7. The summed E-state index contributed by atoms with van der Waals surface area (Å²) in [7, 11) is 0. The molecule has 0 radical (unpaired) electrons. The SMILES string of the molecule is CC(C)(N)C(=O)NCC(F)(F)CO. The number of carbonyl (C=O) groups is 1. The fraction of sp³-hybridized carbons (Fsp3) is 0.857. The van der Waals surface area contributed by atoms with Gasteiger partial charge in [0, 0.05) is 0 Å². The summed E-state index contributed by atoms with van der Waals surface area (Å²) in [4.78, 5) is 11.0. The molecular formula is C7H14F2N2O2. The molecule has 0 saturated carbocycles. The van der Waals surface area contributed by atoms with Crippen molar-refractivity contribution in [1.82, 2.24) is 5.32 Å². The highest BCUT2D eigenvalue weighted by Gasteiger charge is 2.30. The van der Waals surface area contributed by atoms with Crippen molar-refractivity contribution < 1.29 is 18.7 Å². The minimum atomic E-state index is -3.29. The van der Waals surface area contributed by atoms with E-state index in [1.807, 2.05) is 5.32 Å². The van der Waals surface area contributed by atoms with E-state index in [-0.39, 0.29) is 0 Å². The Balaban J connectivity index is 3.98. The molecule has 0 heterocycles. The topological polar surface area (TPSA) is 75.4 Å². The van der Waals surface area contributed by atoms with E-state index < -0.39 is 30.5 Å². The Morgan fingerprint density at radius 2 is 2.00 bits per heavy atom. The molecule has 0 aromatic rings. The Hall–Kier alpha value is -0.750. The Bertz CT molecular complexity index is 189. The summed E-state index contributed by atoms with van der Waals surface area (Å²) >= 11 is 0. The van der Waals surface area contributed by atoms with Gasteiger partial charge in [0.2, 0.25) is 5.91 Å². The zero-order valence-electron chi connectivity index (χ0n) is 7.60. The number of nitrogens with two attached hydrogens (primary N) is 1. The highest BCUT2D eigenvalue weighted by Crippen LogP contribution is 2.10. The van der Waals surface area contributed by atoms with Crippen molar-refractivity contribution in [2.45, 2.75) is 25.3 Å². The van der Waals surface area contributed by atoms with Crippen molar-refractivity contribution in [2.24, 2.45) is 5.73 Å². The normalized spacial score (nSPS) is 12.8. The number of aliphatic hydroxyl groups is 1. The van der Waals surface area contributed by atoms with E-state index in [1.54, 1.807) is 0 Å². The number of halogens is 2. The Morgan fingerprint density at radius 1 is 1.54 bits per heavy atom. The average Bonchev–Trinajstić information content (AvgIpc) is 1.98. The minimum absolute atomic E-state index is 0.680. The number of carbonyl (C=O) groups excluding carboxylic acids is 1. The van der Waals surface area contributed by atoms with Gasteiger partial charge in [0.25, 0.3) is 5.92 Å². The summed E-state index contributed by atoms with van der Waals surface area (Å²) in [6.45, 7) is 0.611. The summed E-state index contributed by atoms with van der Waals surface area (Å²) < 4.78 is 24.8. The molecule has 0 unspecified atom stereocenters. The molecule has 78 valence electrons. The van der Waals surface area contributed by atoms with E-state index in [2.05, 4.69) is 0 Å². The lowest BCUT2D eigenvalue weighted by molar-refractivity contribution is -0.128. The van der Waals surface area contributed by atoms with Crippen LogP contribution >= 0.6 is 0 Å². The summed E-state index contributed by atoms with van der Waals surface area (Å²) in [5.41, 5.74) is 4.14. The van der Waals surface area contributed by atoms with Crippen LogP contribution in [0.15, 0.2) is 0 Å². The molecule has 0 rings (SSSR count). The van der Waals surface area contributed by atoms with Gasteiger partial charge < -0.3 is 16.2 Å². The summed E-state index contributed by atoms with van der Waals surface area (Å²) in [6, 6.07) is 0. The molecule has 4 N–H and O–H groups in total. The lowest BCUT2D eigenvalue weighted by Gasteiger charge is -2.20. The maximum Gasteiger partial charge on any atom is 0.287 e. The van der Waals surface area contributed by atoms with Crippen LogP contribution in [-0.2, 0) is 4.79 Å². The van der Waals surface area contributed by atoms with E-state index in [0.717, 1.165) is 0 Å². The fourth-order valence-electron chi connectivity index (χ4n) is 0.493. The first-order valence-electron chi connectivity index (χ1n) is 3.75. The monoisotopic (exact) mass is 196 g/mol. The van der Waals surface area contributed by atoms with Gasteiger partial charge in [-0.15, -0.1) is 0 Å². The van der Waals surface area contributed by atoms with Crippen LogP contribution in [0.4, 0.5) is 8.78 Å². The first kappa shape index (κ1) is 12.2. The molecule has 0 spiro atoms. The molecule has 0 aliphatic rings. The highest BCUT2D eigenvalue weighted by molar-refractivity contribution is 5.85. The molecule has 0 aliphatic carbocycles. The van der Waals surface area contributed by atoms with Gasteiger partial charge >= 0.3 is 0 Å². The largest absolute Gasteiger partial charge is 0.390 e. The van der Waals surface area contributed by atoms with Crippen molar-refractivity contribution in [3.63, 3.8) is 0 Å². The van der Waals surface area contributed by atoms with E-state index in [4.69, 9.17) is 10.8 Å². The van der Waals surface area contributed by atoms with Gasteiger partial charge in [0.05, 0.1) is 12.1 Å². The van der Waals surface area contributed by atoms with Gasteiger partial charge in [-0.05, 0) is 13.8 Å². The molecule has 0 aromatic carbocycles. The van der Waals surface area contributed by atoms with E-state index in [1.165, 1.54) is 13.8 Å². The number of aliphatic hydroxyl groups excluding tert-OH is 1. The van der Waals surface area contributed by atoms with Crippen LogP contribution in [0.1, 0.15) is 13.8 Å². The second-order valence-corrected chi connectivity index (χ2v) is 3.42. The number of hydrogen-bond acceptors (Lipinski definition) is 3. The van der Waals surface area contributed by atoms with Crippen molar-refractivity contribution in [1.29, 1.82) is 0 Å². The molecule has 1 amide bonds.